The molecule has 9 nitrogen and oxygen atoms in total. The van der Waals surface area contributed by atoms with Gasteiger partial charge in [-0.2, -0.15) is 4.31 Å². The van der Waals surface area contributed by atoms with Gasteiger partial charge in [0.25, 0.3) is 0 Å². The second-order valence-corrected chi connectivity index (χ2v) is 5.69. The largest absolute Gasteiger partial charge is 0.480 e. The summed E-state index contributed by atoms with van der Waals surface area (Å²) in [6.45, 7) is 0.561. The monoisotopic (exact) mass is 294 g/mol. The molecule has 0 aromatic rings. The van der Waals surface area contributed by atoms with Gasteiger partial charge in [0.2, 0.25) is 15.9 Å². The highest BCUT2D eigenvalue weighted by molar-refractivity contribution is 7.89. The summed E-state index contributed by atoms with van der Waals surface area (Å²) < 4.78 is 28.8. The van der Waals surface area contributed by atoms with Gasteiger partial charge in [0.15, 0.2) is 5.75 Å². The normalized spacial score (nSPS) is 20.7. The van der Waals surface area contributed by atoms with Crippen molar-refractivity contribution in [2.45, 2.75) is 13.0 Å². The zero-order chi connectivity index (χ0) is 14.6. The highest BCUT2D eigenvalue weighted by Gasteiger charge is 2.40. The number of carboxylic acid groups (broad SMARTS) is 1. The fraction of sp³-hybridized carbons (Fsp3) is 0.667. The van der Waals surface area contributed by atoms with Crippen molar-refractivity contribution in [3.05, 3.63) is 0 Å². The Bertz CT molecular complexity index is 487. The van der Waals surface area contributed by atoms with Crippen LogP contribution in [0.1, 0.15) is 6.92 Å². The van der Waals surface area contributed by atoms with Gasteiger partial charge in [-0.3, -0.25) is 14.4 Å². The third kappa shape index (κ3) is 3.89. The Labute approximate surface area is 109 Å². The number of aliphatic carboxylic acids is 1. The highest BCUT2D eigenvalue weighted by Crippen LogP contribution is 2.12. The van der Waals surface area contributed by atoms with Gasteiger partial charge in [0.05, 0.1) is 13.2 Å². The summed E-state index contributed by atoms with van der Waals surface area (Å²) in [5.74, 6) is -3.99. The van der Waals surface area contributed by atoms with Crippen LogP contribution in [0.4, 0.5) is 0 Å². The second-order valence-electron chi connectivity index (χ2n) is 3.76. The number of hydrogen-bond acceptors (Lipinski definition) is 6. The number of ether oxygens (including phenoxy) is 1. The molecular weight excluding hydrogens is 280 g/mol. The molecule has 1 aliphatic heterocycles. The van der Waals surface area contributed by atoms with Gasteiger partial charge in [-0.25, -0.2) is 8.42 Å². The van der Waals surface area contributed by atoms with Gasteiger partial charge < -0.3 is 15.2 Å². The Morgan fingerprint density at radius 3 is 2.68 bits per heavy atom. The third-order valence-corrected chi connectivity index (χ3v) is 4.09. The lowest BCUT2D eigenvalue weighted by molar-refractivity contribution is -0.144. The predicted octanol–water partition coefficient (Wildman–Crippen LogP) is -2.24. The Morgan fingerprint density at radius 2 is 2.16 bits per heavy atom. The standard InChI is InChI=1S/C9H14N2O7S/c1-2-18-8(13)5-19(16,17)11-4-7(12)10-3-6(11)9(14)15/h6H,2-5H2,1H3,(H,10,12)(H,14,15). The van der Waals surface area contributed by atoms with Crippen LogP contribution in [-0.4, -0.2) is 67.2 Å². The van der Waals surface area contributed by atoms with Crippen LogP contribution < -0.4 is 5.32 Å². The first-order valence-corrected chi connectivity index (χ1v) is 7.03. The van der Waals surface area contributed by atoms with Gasteiger partial charge in [-0.1, -0.05) is 0 Å². The van der Waals surface area contributed by atoms with Crippen LogP contribution in [0.15, 0.2) is 0 Å². The number of carbonyl (C=O) groups excluding carboxylic acids is 2. The molecule has 1 unspecified atom stereocenters. The van der Waals surface area contributed by atoms with Crippen molar-refractivity contribution in [2.24, 2.45) is 0 Å². The molecule has 1 heterocycles. The van der Waals surface area contributed by atoms with Gasteiger partial charge in [0, 0.05) is 6.54 Å². The molecular formula is C9H14N2O7S. The number of nitrogens with one attached hydrogen (secondary N) is 1. The zero-order valence-electron chi connectivity index (χ0n) is 10.2. The lowest BCUT2D eigenvalue weighted by Crippen LogP contribution is -2.59. The Kier molecular flexibility index (Phi) is 4.84. The number of piperazine rings is 1. The summed E-state index contributed by atoms with van der Waals surface area (Å²) in [5, 5.41) is 11.2. The maximum atomic E-state index is 11.9. The minimum absolute atomic E-state index is 0.0111. The van der Waals surface area contributed by atoms with E-state index in [9.17, 15) is 22.8 Å². The van der Waals surface area contributed by atoms with E-state index in [2.05, 4.69) is 10.1 Å². The number of rotatable bonds is 5. The molecule has 0 radical (unpaired) electrons. The highest BCUT2D eigenvalue weighted by atomic mass is 32.2. The summed E-state index contributed by atoms with van der Waals surface area (Å²) in [7, 11) is -4.21. The summed E-state index contributed by atoms with van der Waals surface area (Å²) in [4.78, 5) is 33.3. The van der Waals surface area contributed by atoms with E-state index in [1.165, 1.54) is 6.92 Å². The molecule has 0 saturated carbocycles. The maximum Gasteiger partial charge on any atom is 0.323 e. The second kappa shape index (κ2) is 5.97. The molecule has 1 atom stereocenters. The first-order valence-electron chi connectivity index (χ1n) is 5.42. The topological polar surface area (TPSA) is 130 Å². The molecule has 0 bridgehead atoms. The van der Waals surface area contributed by atoms with Gasteiger partial charge >= 0.3 is 11.9 Å². The van der Waals surface area contributed by atoms with E-state index in [-0.39, 0.29) is 13.2 Å². The molecule has 1 amide bonds. The molecule has 1 saturated heterocycles. The molecule has 1 aliphatic rings. The van der Waals surface area contributed by atoms with Gasteiger partial charge in [0.1, 0.15) is 6.04 Å². The molecule has 0 aromatic carbocycles. The number of sulfonamides is 1. The molecule has 2 N–H and O–H groups in total. The number of carbonyl (C=O) groups is 3. The fourth-order valence-corrected chi connectivity index (χ4v) is 2.97. The first kappa shape index (κ1) is 15.4. The molecule has 0 aromatic heterocycles. The lowest BCUT2D eigenvalue weighted by atomic mass is 10.2. The minimum atomic E-state index is -4.21. The number of carboxylic acids is 1. The predicted molar refractivity (Wildman–Crippen MR) is 61.6 cm³/mol. The van der Waals surface area contributed by atoms with E-state index in [0.29, 0.717) is 4.31 Å². The summed E-state index contributed by atoms with van der Waals surface area (Å²) in [6.07, 6.45) is 0. The number of amides is 1. The maximum absolute atomic E-state index is 11.9. The number of hydrogen-bond donors (Lipinski definition) is 2. The van der Waals surface area contributed by atoms with Crippen molar-refractivity contribution >= 4 is 27.9 Å². The van der Waals surface area contributed by atoms with Crippen molar-refractivity contribution in [1.82, 2.24) is 9.62 Å². The lowest BCUT2D eigenvalue weighted by Gasteiger charge is -2.31. The van der Waals surface area contributed by atoms with Crippen LogP contribution >= 0.6 is 0 Å². The van der Waals surface area contributed by atoms with Crippen LogP contribution in [0.3, 0.4) is 0 Å². The van der Waals surface area contributed by atoms with Crippen LogP contribution in [0, 0.1) is 0 Å². The average molecular weight is 294 g/mol. The van der Waals surface area contributed by atoms with Crippen molar-refractivity contribution in [1.29, 1.82) is 0 Å². The minimum Gasteiger partial charge on any atom is -0.480 e. The van der Waals surface area contributed by atoms with E-state index in [4.69, 9.17) is 5.11 Å². The van der Waals surface area contributed by atoms with Crippen molar-refractivity contribution in [2.75, 3.05) is 25.4 Å². The Hall–Kier alpha value is -1.68. The Morgan fingerprint density at radius 1 is 1.53 bits per heavy atom. The molecule has 108 valence electrons. The van der Waals surface area contributed by atoms with Crippen molar-refractivity contribution in [3.8, 4) is 0 Å². The van der Waals surface area contributed by atoms with Crippen LogP contribution in [0.5, 0.6) is 0 Å². The molecule has 0 spiro atoms. The van der Waals surface area contributed by atoms with Crippen molar-refractivity contribution in [3.63, 3.8) is 0 Å². The van der Waals surface area contributed by atoms with E-state index < -0.39 is 46.2 Å². The summed E-state index contributed by atoms with van der Waals surface area (Å²) >= 11 is 0. The smallest absolute Gasteiger partial charge is 0.323 e. The molecule has 19 heavy (non-hydrogen) atoms. The third-order valence-electron chi connectivity index (χ3n) is 2.39. The van der Waals surface area contributed by atoms with E-state index in [1.807, 2.05) is 0 Å². The van der Waals surface area contributed by atoms with Gasteiger partial charge in [-0.15, -0.1) is 0 Å². The average Bonchev–Trinajstić information content (AvgIpc) is 2.27. The summed E-state index contributed by atoms with van der Waals surface area (Å²) in [5.41, 5.74) is 0. The Balaban J connectivity index is 2.91. The quantitative estimate of drug-likeness (QED) is 0.548. The molecule has 1 rings (SSSR count). The van der Waals surface area contributed by atoms with E-state index >= 15 is 0 Å². The summed E-state index contributed by atoms with van der Waals surface area (Å²) in [6, 6.07) is -1.42. The number of nitrogens with zero attached hydrogens (tertiary/aromatic N) is 1. The van der Waals surface area contributed by atoms with Crippen LogP contribution in [-0.2, 0) is 29.1 Å². The fourth-order valence-electron chi connectivity index (χ4n) is 1.56. The SMILES string of the molecule is CCOC(=O)CS(=O)(=O)N1CC(=O)NCC1C(=O)O. The molecule has 10 heteroatoms. The zero-order valence-corrected chi connectivity index (χ0v) is 11.0. The van der Waals surface area contributed by atoms with Gasteiger partial charge in [-0.05, 0) is 6.92 Å². The molecule has 1 fully saturated rings. The molecule has 0 aliphatic carbocycles. The van der Waals surface area contributed by atoms with Crippen LogP contribution in [0.2, 0.25) is 0 Å². The first-order chi connectivity index (χ1) is 8.77. The van der Waals surface area contributed by atoms with Crippen molar-refractivity contribution < 1.29 is 32.6 Å². The van der Waals surface area contributed by atoms with E-state index in [1.54, 1.807) is 0 Å². The van der Waals surface area contributed by atoms with Crippen LogP contribution in [0.25, 0.3) is 0 Å². The number of esters is 1. The van der Waals surface area contributed by atoms with E-state index in [0.717, 1.165) is 0 Å².